The van der Waals surface area contributed by atoms with Gasteiger partial charge in [0.2, 0.25) is 0 Å². The first-order chi connectivity index (χ1) is 8.42. The molecule has 0 bridgehead atoms. The van der Waals surface area contributed by atoms with Crippen molar-refractivity contribution in [2.75, 3.05) is 20.1 Å². The highest BCUT2D eigenvalue weighted by atomic mass is 16.6. The van der Waals surface area contributed by atoms with Crippen molar-refractivity contribution < 1.29 is 9.53 Å². The third kappa shape index (κ3) is 5.34. The summed E-state index contributed by atoms with van der Waals surface area (Å²) in [6.45, 7) is 7.22. The van der Waals surface area contributed by atoms with Crippen molar-refractivity contribution in [1.29, 1.82) is 0 Å². The number of nitrogens with zero attached hydrogens (tertiary/aromatic N) is 2. The second kappa shape index (κ2) is 6.57. The number of carbonyl (C=O) groups excluding carboxylic acids is 1. The SMILES string of the molecule is CN=C/C=C/C1CCN(C(=O)OC(C)(C)C)CC1. The Balaban J connectivity index is 2.37. The molecule has 4 nitrogen and oxygen atoms in total. The van der Waals surface area contributed by atoms with E-state index in [1.807, 2.05) is 26.8 Å². The van der Waals surface area contributed by atoms with Crippen molar-refractivity contribution in [3.8, 4) is 0 Å². The molecule has 1 fully saturated rings. The van der Waals surface area contributed by atoms with Gasteiger partial charge in [-0.2, -0.15) is 0 Å². The molecule has 0 unspecified atom stereocenters. The standard InChI is InChI=1S/C14H24N2O2/c1-14(2,3)18-13(17)16-10-7-12(8-11-16)6-5-9-15-4/h5-6,9,12H,7-8,10-11H2,1-4H3/b6-5+,15-9?. The van der Waals surface area contributed by atoms with Gasteiger partial charge in [-0.25, -0.2) is 4.79 Å². The molecule has 1 amide bonds. The number of ether oxygens (including phenoxy) is 1. The molecule has 1 heterocycles. The van der Waals surface area contributed by atoms with Crippen LogP contribution in [-0.4, -0.2) is 42.9 Å². The lowest BCUT2D eigenvalue weighted by molar-refractivity contribution is 0.0197. The Kier molecular flexibility index (Phi) is 5.38. The summed E-state index contributed by atoms with van der Waals surface area (Å²) in [5.74, 6) is 0.543. The Morgan fingerprint density at radius 3 is 2.44 bits per heavy atom. The van der Waals surface area contributed by atoms with Crippen LogP contribution in [0.3, 0.4) is 0 Å². The summed E-state index contributed by atoms with van der Waals surface area (Å²) in [5, 5.41) is 0. The Labute approximate surface area is 110 Å². The minimum absolute atomic E-state index is 0.194. The lowest BCUT2D eigenvalue weighted by Gasteiger charge is -2.32. The number of hydrogen-bond donors (Lipinski definition) is 0. The molecule has 0 atom stereocenters. The van der Waals surface area contributed by atoms with E-state index in [1.165, 1.54) is 0 Å². The lowest BCUT2D eigenvalue weighted by atomic mass is 9.97. The predicted molar refractivity (Wildman–Crippen MR) is 74.1 cm³/mol. The van der Waals surface area contributed by atoms with Crippen molar-refractivity contribution in [3.63, 3.8) is 0 Å². The van der Waals surface area contributed by atoms with Crippen LogP contribution in [0.2, 0.25) is 0 Å². The van der Waals surface area contributed by atoms with Crippen molar-refractivity contribution in [1.82, 2.24) is 4.90 Å². The normalized spacial score (nSPS) is 18.8. The molecule has 0 aromatic carbocycles. The third-order valence-electron chi connectivity index (χ3n) is 2.81. The number of hydrogen-bond acceptors (Lipinski definition) is 3. The fraction of sp³-hybridized carbons (Fsp3) is 0.714. The molecule has 0 N–H and O–H groups in total. The second-order valence-corrected chi connectivity index (χ2v) is 5.60. The molecule has 102 valence electrons. The first-order valence-electron chi connectivity index (χ1n) is 6.49. The van der Waals surface area contributed by atoms with Crippen LogP contribution < -0.4 is 0 Å². The van der Waals surface area contributed by atoms with Crippen molar-refractivity contribution in [2.24, 2.45) is 10.9 Å². The molecule has 4 heteroatoms. The van der Waals surface area contributed by atoms with E-state index in [2.05, 4.69) is 11.1 Å². The molecule has 0 aromatic heterocycles. The smallest absolute Gasteiger partial charge is 0.410 e. The first kappa shape index (κ1) is 14.7. The van der Waals surface area contributed by atoms with Crippen LogP contribution in [0, 0.1) is 5.92 Å². The summed E-state index contributed by atoms with van der Waals surface area (Å²) in [7, 11) is 1.76. The zero-order chi connectivity index (χ0) is 13.6. The topological polar surface area (TPSA) is 41.9 Å². The summed E-state index contributed by atoms with van der Waals surface area (Å²) in [6.07, 6.45) is 7.73. The average molecular weight is 252 g/mol. The summed E-state index contributed by atoms with van der Waals surface area (Å²) in [5.41, 5.74) is -0.411. The quantitative estimate of drug-likeness (QED) is 0.709. The largest absolute Gasteiger partial charge is 0.444 e. The van der Waals surface area contributed by atoms with E-state index in [1.54, 1.807) is 18.2 Å². The van der Waals surface area contributed by atoms with E-state index in [-0.39, 0.29) is 6.09 Å². The minimum Gasteiger partial charge on any atom is -0.444 e. The van der Waals surface area contributed by atoms with Crippen LogP contribution in [0.5, 0.6) is 0 Å². The molecular weight excluding hydrogens is 228 g/mol. The average Bonchev–Trinajstić information content (AvgIpc) is 2.28. The molecule has 1 aliphatic rings. The first-order valence-corrected chi connectivity index (χ1v) is 6.49. The van der Waals surface area contributed by atoms with Gasteiger partial charge in [0.25, 0.3) is 0 Å². The van der Waals surface area contributed by atoms with Gasteiger partial charge >= 0.3 is 6.09 Å². The molecular formula is C14H24N2O2. The maximum Gasteiger partial charge on any atom is 0.410 e. The van der Waals surface area contributed by atoms with Gasteiger partial charge in [-0.05, 0) is 45.6 Å². The van der Waals surface area contributed by atoms with Gasteiger partial charge in [0.15, 0.2) is 0 Å². The Morgan fingerprint density at radius 1 is 1.33 bits per heavy atom. The number of aliphatic imine (C=N–C) groups is 1. The van der Waals surface area contributed by atoms with Crippen LogP contribution in [0.1, 0.15) is 33.6 Å². The molecule has 0 aliphatic carbocycles. The maximum absolute atomic E-state index is 11.8. The van der Waals surface area contributed by atoms with Gasteiger partial charge < -0.3 is 9.64 Å². The van der Waals surface area contributed by atoms with Crippen LogP contribution in [0.25, 0.3) is 0 Å². The van der Waals surface area contributed by atoms with Crippen LogP contribution in [-0.2, 0) is 4.74 Å². The van der Waals surface area contributed by atoms with Crippen molar-refractivity contribution in [2.45, 2.75) is 39.2 Å². The summed E-state index contributed by atoms with van der Waals surface area (Å²) >= 11 is 0. The molecule has 1 rings (SSSR count). The van der Waals surface area contributed by atoms with E-state index in [9.17, 15) is 4.79 Å². The van der Waals surface area contributed by atoms with Crippen molar-refractivity contribution in [3.05, 3.63) is 12.2 Å². The zero-order valence-electron chi connectivity index (χ0n) is 11.8. The number of likely N-dealkylation sites (tertiary alicyclic amines) is 1. The number of piperidine rings is 1. The number of amides is 1. The van der Waals surface area contributed by atoms with Gasteiger partial charge in [0.05, 0.1) is 0 Å². The molecule has 1 aliphatic heterocycles. The summed E-state index contributed by atoms with van der Waals surface area (Å²) in [4.78, 5) is 17.5. The molecule has 18 heavy (non-hydrogen) atoms. The van der Waals surface area contributed by atoms with Crippen LogP contribution in [0.15, 0.2) is 17.1 Å². The fourth-order valence-electron chi connectivity index (χ4n) is 1.89. The number of carbonyl (C=O) groups is 1. The van der Waals surface area contributed by atoms with Crippen LogP contribution >= 0.6 is 0 Å². The van der Waals surface area contributed by atoms with Crippen LogP contribution in [0.4, 0.5) is 4.79 Å². The van der Waals surface area contributed by atoms with Gasteiger partial charge in [0, 0.05) is 26.4 Å². The molecule has 1 saturated heterocycles. The molecule has 0 saturated carbocycles. The summed E-state index contributed by atoms with van der Waals surface area (Å²) in [6, 6.07) is 0. The number of allylic oxidation sites excluding steroid dienone is 2. The maximum atomic E-state index is 11.8. The second-order valence-electron chi connectivity index (χ2n) is 5.60. The predicted octanol–water partition coefficient (Wildman–Crippen LogP) is 2.89. The minimum atomic E-state index is -0.411. The van der Waals surface area contributed by atoms with E-state index < -0.39 is 5.60 Å². The van der Waals surface area contributed by atoms with E-state index in [0.29, 0.717) is 5.92 Å². The number of rotatable bonds is 2. The monoisotopic (exact) mass is 252 g/mol. The Hall–Kier alpha value is -1.32. The highest BCUT2D eigenvalue weighted by molar-refractivity contribution is 5.70. The third-order valence-corrected chi connectivity index (χ3v) is 2.81. The molecule has 0 aromatic rings. The highest BCUT2D eigenvalue weighted by Crippen LogP contribution is 2.20. The molecule has 0 spiro atoms. The van der Waals surface area contributed by atoms with Gasteiger partial charge in [-0.3, -0.25) is 4.99 Å². The van der Waals surface area contributed by atoms with Gasteiger partial charge in [-0.1, -0.05) is 6.08 Å². The van der Waals surface area contributed by atoms with Gasteiger partial charge in [-0.15, -0.1) is 0 Å². The van der Waals surface area contributed by atoms with E-state index in [0.717, 1.165) is 25.9 Å². The lowest BCUT2D eigenvalue weighted by Crippen LogP contribution is -2.41. The Bertz CT molecular complexity index is 321. The zero-order valence-corrected chi connectivity index (χ0v) is 11.8. The van der Waals surface area contributed by atoms with E-state index >= 15 is 0 Å². The van der Waals surface area contributed by atoms with Crippen molar-refractivity contribution >= 4 is 12.3 Å². The van der Waals surface area contributed by atoms with Gasteiger partial charge in [0.1, 0.15) is 5.60 Å². The van der Waals surface area contributed by atoms with E-state index in [4.69, 9.17) is 4.74 Å². The summed E-state index contributed by atoms with van der Waals surface area (Å²) < 4.78 is 5.36. The Morgan fingerprint density at radius 2 is 1.94 bits per heavy atom. The highest BCUT2D eigenvalue weighted by Gasteiger charge is 2.25. The molecule has 0 radical (unpaired) electrons. The fourth-order valence-corrected chi connectivity index (χ4v) is 1.89.